The molecule has 186 valence electrons. The summed E-state index contributed by atoms with van der Waals surface area (Å²) in [5.74, 6) is 0.904. The molecule has 0 aliphatic carbocycles. The van der Waals surface area contributed by atoms with Crippen LogP contribution in [0.25, 0.3) is 10.9 Å². The Morgan fingerprint density at radius 2 is 1.86 bits per heavy atom. The number of halogens is 1. The number of likely N-dealkylation sites (tertiary alicyclic amines) is 1. The fourth-order valence-corrected chi connectivity index (χ4v) is 4.22. The van der Waals surface area contributed by atoms with Crippen molar-refractivity contribution in [2.75, 3.05) is 51.1 Å². The van der Waals surface area contributed by atoms with Crippen LogP contribution in [0.3, 0.4) is 0 Å². The molecule has 3 aromatic rings. The highest BCUT2D eigenvalue weighted by Gasteiger charge is 2.17. The van der Waals surface area contributed by atoms with E-state index in [9.17, 15) is 9.18 Å². The third-order valence-corrected chi connectivity index (χ3v) is 6.27. The van der Waals surface area contributed by atoms with Gasteiger partial charge in [-0.2, -0.15) is 0 Å². The number of aromatic nitrogens is 2. The predicted octanol–water partition coefficient (Wildman–Crippen LogP) is 4.60. The van der Waals surface area contributed by atoms with Crippen LogP contribution in [0.2, 0.25) is 0 Å². The van der Waals surface area contributed by atoms with E-state index in [1.807, 2.05) is 24.3 Å². The van der Waals surface area contributed by atoms with Crippen LogP contribution in [0.15, 0.2) is 42.7 Å². The number of anilines is 3. The second-order valence-electron chi connectivity index (χ2n) is 8.90. The van der Waals surface area contributed by atoms with Crippen molar-refractivity contribution in [2.24, 2.45) is 5.92 Å². The van der Waals surface area contributed by atoms with Crippen molar-refractivity contribution in [3.05, 3.63) is 48.5 Å². The summed E-state index contributed by atoms with van der Waals surface area (Å²) in [5.41, 5.74) is 1.87. The highest BCUT2D eigenvalue weighted by molar-refractivity contribution is 5.93. The highest BCUT2D eigenvalue weighted by atomic mass is 19.1. The molecule has 1 fully saturated rings. The molecule has 0 saturated carbocycles. The summed E-state index contributed by atoms with van der Waals surface area (Å²) in [7, 11) is 3.72. The maximum atomic E-state index is 14.9. The van der Waals surface area contributed by atoms with Gasteiger partial charge in [0.05, 0.1) is 17.5 Å². The summed E-state index contributed by atoms with van der Waals surface area (Å²) in [6, 6.07) is 10.3. The Bertz CT molecular complexity index is 1130. The van der Waals surface area contributed by atoms with Gasteiger partial charge in [-0.05, 0) is 69.6 Å². The minimum absolute atomic E-state index is 0.0250. The van der Waals surface area contributed by atoms with Gasteiger partial charge in [0.25, 0.3) is 0 Å². The van der Waals surface area contributed by atoms with E-state index in [2.05, 4.69) is 32.5 Å². The van der Waals surface area contributed by atoms with Crippen molar-refractivity contribution in [1.29, 1.82) is 0 Å². The first-order valence-corrected chi connectivity index (χ1v) is 11.9. The summed E-state index contributed by atoms with van der Waals surface area (Å²) >= 11 is 0. The molecule has 0 atom stereocenters. The summed E-state index contributed by atoms with van der Waals surface area (Å²) in [6.45, 7) is 2.94. The fourth-order valence-electron chi connectivity index (χ4n) is 4.22. The van der Waals surface area contributed by atoms with E-state index in [0.29, 0.717) is 48.3 Å². The van der Waals surface area contributed by atoms with E-state index < -0.39 is 5.82 Å². The number of carbonyl (C=O) groups excluding carboxylic acids is 1. The van der Waals surface area contributed by atoms with E-state index in [1.54, 1.807) is 13.2 Å². The lowest BCUT2D eigenvalue weighted by Crippen LogP contribution is -2.30. The minimum Gasteiger partial charge on any atom is -0.491 e. The van der Waals surface area contributed by atoms with Gasteiger partial charge in [0.1, 0.15) is 30.3 Å². The maximum Gasteiger partial charge on any atom is 0.224 e. The Labute approximate surface area is 204 Å². The molecule has 1 aromatic heterocycles. The Kier molecular flexibility index (Phi) is 8.44. The Morgan fingerprint density at radius 3 is 2.60 bits per heavy atom. The molecular formula is C26H32FN5O3. The second-order valence-corrected chi connectivity index (χ2v) is 8.90. The molecular weight excluding hydrogens is 449 g/mol. The monoisotopic (exact) mass is 481 g/mol. The molecule has 2 N–H and O–H groups in total. The molecule has 9 heteroatoms. The lowest BCUT2D eigenvalue weighted by molar-refractivity contribution is -0.116. The van der Waals surface area contributed by atoms with Crippen molar-refractivity contribution >= 4 is 34.0 Å². The van der Waals surface area contributed by atoms with Crippen molar-refractivity contribution in [2.45, 2.75) is 25.7 Å². The number of ether oxygens (including phenoxy) is 2. The van der Waals surface area contributed by atoms with Crippen LogP contribution >= 0.6 is 0 Å². The molecule has 0 unspecified atom stereocenters. The lowest BCUT2D eigenvalue weighted by Gasteiger charge is -2.28. The summed E-state index contributed by atoms with van der Waals surface area (Å²) in [4.78, 5) is 23.1. The zero-order valence-electron chi connectivity index (χ0n) is 20.2. The molecule has 1 aliphatic rings. The van der Waals surface area contributed by atoms with Gasteiger partial charge in [-0.25, -0.2) is 14.4 Å². The number of fused-ring (bicyclic) bond motifs is 1. The van der Waals surface area contributed by atoms with Crippen LogP contribution in [0, 0.1) is 11.7 Å². The topological polar surface area (TPSA) is 88.6 Å². The average Bonchev–Trinajstić information content (AvgIpc) is 2.85. The Hall–Kier alpha value is -3.30. The number of hydrogen-bond donors (Lipinski definition) is 2. The van der Waals surface area contributed by atoms with Crippen molar-refractivity contribution in [3.63, 3.8) is 0 Å². The molecule has 1 amide bonds. The molecule has 2 aromatic carbocycles. The second kappa shape index (κ2) is 11.9. The van der Waals surface area contributed by atoms with Crippen LogP contribution in [-0.4, -0.2) is 61.2 Å². The van der Waals surface area contributed by atoms with Gasteiger partial charge in [0.2, 0.25) is 5.91 Å². The smallest absolute Gasteiger partial charge is 0.224 e. The number of rotatable bonds is 10. The van der Waals surface area contributed by atoms with E-state index in [1.165, 1.54) is 12.4 Å². The number of amides is 1. The number of nitrogens with one attached hydrogen (secondary N) is 2. The molecule has 0 radical (unpaired) electrons. The first-order chi connectivity index (χ1) is 17.0. The number of hydrogen-bond acceptors (Lipinski definition) is 7. The molecule has 35 heavy (non-hydrogen) atoms. The minimum atomic E-state index is -0.480. The zero-order chi connectivity index (χ0) is 24.6. The van der Waals surface area contributed by atoms with Gasteiger partial charge >= 0.3 is 0 Å². The number of methoxy groups -OCH3 is 1. The highest BCUT2D eigenvalue weighted by Crippen LogP contribution is 2.29. The standard InChI is InChI=1S/C26H32FN5O3/c1-32-11-9-18(10-12-32)3-8-24(33)30-19-4-6-20(7-5-19)31-26-25-22(27)15-21(35-14-13-34-2)16-23(25)28-17-29-26/h4-7,15-18H,3,8-14H2,1-2H3,(H,30,33)(H,28,29,31). The van der Waals surface area contributed by atoms with Crippen molar-refractivity contribution in [1.82, 2.24) is 14.9 Å². The Balaban J connectivity index is 1.35. The molecule has 4 rings (SSSR count). The zero-order valence-corrected chi connectivity index (χ0v) is 20.2. The van der Waals surface area contributed by atoms with Crippen LogP contribution < -0.4 is 15.4 Å². The third kappa shape index (κ3) is 6.86. The van der Waals surface area contributed by atoms with Gasteiger partial charge in [0, 0.05) is 37.0 Å². The van der Waals surface area contributed by atoms with Crippen molar-refractivity contribution < 1.29 is 18.7 Å². The Morgan fingerprint density at radius 1 is 1.11 bits per heavy atom. The first kappa shape index (κ1) is 24.8. The van der Waals surface area contributed by atoms with Gasteiger partial charge in [-0.3, -0.25) is 4.79 Å². The van der Waals surface area contributed by atoms with Crippen molar-refractivity contribution in [3.8, 4) is 5.75 Å². The quantitative estimate of drug-likeness (QED) is 0.409. The molecule has 1 aliphatic heterocycles. The SMILES string of the molecule is COCCOc1cc(F)c2c(Nc3ccc(NC(=O)CCC4CCN(C)CC4)cc3)ncnc2c1. The van der Waals surface area contributed by atoms with E-state index in [-0.39, 0.29) is 11.3 Å². The molecule has 0 spiro atoms. The fraction of sp³-hybridized carbons (Fsp3) is 0.423. The number of piperidine rings is 1. The van der Waals surface area contributed by atoms with E-state index in [0.717, 1.165) is 38.0 Å². The molecule has 2 heterocycles. The van der Waals surface area contributed by atoms with Gasteiger partial charge in [-0.1, -0.05) is 0 Å². The number of benzene rings is 2. The molecule has 8 nitrogen and oxygen atoms in total. The lowest BCUT2D eigenvalue weighted by atomic mass is 9.92. The molecule has 1 saturated heterocycles. The first-order valence-electron chi connectivity index (χ1n) is 11.9. The normalized spacial score (nSPS) is 14.7. The van der Waals surface area contributed by atoms with E-state index >= 15 is 0 Å². The maximum absolute atomic E-state index is 14.9. The van der Waals surface area contributed by atoms with Crippen LogP contribution in [0.5, 0.6) is 5.75 Å². The van der Waals surface area contributed by atoms with Crippen LogP contribution in [-0.2, 0) is 9.53 Å². The number of carbonyl (C=O) groups is 1. The summed E-state index contributed by atoms with van der Waals surface area (Å²) in [5, 5.41) is 6.38. The largest absolute Gasteiger partial charge is 0.491 e. The predicted molar refractivity (Wildman–Crippen MR) is 135 cm³/mol. The van der Waals surface area contributed by atoms with Gasteiger partial charge in [-0.15, -0.1) is 0 Å². The van der Waals surface area contributed by atoms with Crippen LogP contribution in [0.1, 0.15) is 25.7 Å². The van der Waals surface area contributed by atoms with Crippen LogP contribution in [0.4, 0.5) is 21.6 Å². The number of nitrogens with zero attached hydrogens (tertiary/aromatic N) is 3. The average molecular weight is 482 g/mol. The summed E-state index contributed by atoms with van der Waals surface area (Å²) < 4.78 is 25.3. The van der Waals surface area contributed by atoms with E-state index in [4.69, 9.17) is 9.47 Å². The van der Waals surface area contributed by atoms with Gasteiger partial charge in [0.15, 0.2) is 0 Å². The summed E-state index contributed by atoms with van der Waals surface area (Å²) in [6.07, 6.45) is 5.14. The molecule has 0 bridgehead atoms. The van der Waals surface area contributed by atoms with Gasteiger partial charge < -0.3 is 25.0 Å². The third-order valence-electron chi connectivity index (χ3n) is 6.27.